The van der Waals surface area contributed by atoms with Crippen molar-refractivity contribution in [1.29, 1.82) is 0 Å². The van der Waals surface area contributed by atoms with Crippen LogP contribution in [0.5, 0.6) is 0 Å². The number of hydrogen-bond acceptors (Lipinski definition) is 15. The van der Waals surface area contributed by atoms with Crippen LogP contribution in [0.3, 0.4) is 0 Å². The molecule has 8 rings (SSSR count). The Morgan fingerprint density at radius 1 is 0.659 bits per heavy atom. The van der Waals surface area contributed by atoms with E-state index < -0.39 is 22.7 Å². The zero-order valence-corrected chi connectivity index (χ0v) is 52.3. The maximum atomic E-state index is 14.3. The molecule has 0 aromatic heterocycles. The molecular formula is C70H75LiN4O11S2-2. The molecule has 0 aliphatic carbocycles. The fraction of sp³-hybridized carbons (Fsp3) is 0.357. The molecular weight excluding hydrogens is 1140 g/mol. The molecule has 2 aliphatic heterocycles. The number of likely N-dealkylation sites (tertiary alicyclic amines) is 2. The Labute approximate surface area is 538 Å². The topological polar surface area (TPSA) is 186 Å². The summed E-state index contributed by atoms with van der Waals surface area (Å²) in [5, 5.41) is 23.5. The minimum atomic E-state index is -0.709. The second-order valence-electron chi connectivity index (χ2n) is 20.3. The number of aliphatic imine (C=N–C) groups is 2. The minimum Gasteiger partial charge on any atom is -0.416 e. The zero-order chi connectivity index (χ0) is 61.8. The van der Waals surface area contributed by atoms with E-state index >= 15 is 0 Å². The fourth-order valence-corrected chi connectivity index (χ4v) is 11.5. The Hall–Kier alpha value is -6.66. The first-order chi connectivity index (χ1) is 42.5. The molecule has 88 heavy (non-hydrogen) atoms. The zero-order valence-electron chi connectivity index (χ0n) is 50.7. The summed E-state index contributed by atoms with van der Waals surface area (Å²) in [6, 6.07) is 37.8. The third-order valence-corrected chi connectivity index (χ3v) is 16.2. The molecule has 2 amide bonds. The summed E-state index contributed by atoms with van der Waals surface area (Å²) in [4.78, 5) is 65.7. The molecule has 18 heteroatoms. The van der Waals surface area contributed by atoms with Gasteiger partial charge in [-0.3, -0.25) is 14.4 Å². The van der Waals surface area contributed by atoms with Gasteiger partial charge in [-0.25, -0.2) is 16.8 Å². The SMILES string of the molecule is C=C(CC)CC(=Nc1cc2ccccc2cc1C(C)=O)S[C@@H](C(=O)N1CC[C@H](O)C1)c1cccc(C#CCOCCOCCOCCOCCOCC#Cc2cccc([C@@H](S[C-]=Nc3cc4ccccc4cc3[C-]=O)C(=O)N3CC[C@H](O)C3)c2)c1.[CH2-]C.[Li+]. The monoisotopic (exact) mass is 1220 g/mol. The number of Topliss-reactive ketones (excluding diaryl/α,β-unsaturated/α-hetero) is 1. The van der Waals surface area contributed by atoms with Crippen LogP contribution >= 0.6 is 23.5 Å². The van der Waals surface area contributed by atoms with Crippen LogP contribution in [-0.2, 0) is 38.1 Å². The average Bonchev–Trinajstić information content (AvgIpc) is 2.26. The summed E-state index contributed by atoms with van der Waals surface area (Å²) in [6.07, 6.45) is 2.97. The van der Waals surface area contributed by atoms with E-state index in [9.17, 15) is 29.4 Å². The number of ketones is 1. The van der Waals surface area contributed by atoms with Crippen molar-refractivity contribution in [3.63, 3.8) is 0 Å². The Morgan fingerprint density at radius 3 is 1.60 bits per heavy atom. The molecule has 2 heterocycles. The molecule has 2 fully saturated rings. The van der Waals surface area contributed by atoms with E-state index in [2.05, 4.69) is 47.7 Å². The Kier molecular flexibility index (Phi) is 30.4. The predicted molar refractivity (Wildman–Crippen MR) is 348 cm³/mol. The van der Waals surface area contributed by atoms with Gasteiger partial charge < -0.3 is 60.4 Å². The van der Waals surface area contributed by atoms with Crippen LogP contribution in [0.2, 0.25) is 0 Å². The molecule has 6 aromatic carbocycles. The van der Waals surface area contributed by atoms with Gasteiger partial charge in [-0.1, -0.05) is 144 Å². The molecule has 456 valence electrons. The first-order valence-electron chi connectivity index (χ1n) is 29.1. The van der Waals surface area contributed by atoms with Crippen LogP contribution in [0.1, 0.15) is 95.1 Å². The molecule has 0 radical (unpaired) electrons. The minimum absolute atomic E-state index is 0. The molecule has 4 atom stereocenters. The summed E-state index contributed by atoms with van der Waals surface area (Å²) in [5.41, 5.74) is 8.51. The molecule has 15 nitrogen and oxygen atoms in total. The van der Waals surface area contributed by atoms with Gasteiger partial charge >= 0.3 is 18.9 Å². The smallest absolute Gasteiger partial charge is 0.416 e. The van der Waals surface area contributed by atoms with Gasteiger partial charge in [0.15, 0.2) is 5.78 Å². The first-order valence-corrected chi connectivity index (χ1v) is 30.9. The Morgan fingerprint density at radius 2 is 1.12 bits per heavy atom. The van der Waals surface area contributed by atoms with Gasteiger partial charge in [0, 0.05) is 49.3 Å². The number of carbonyl (C=O) groups excluding carboxylic acids is 4. The number of fused-ring (bicyclic) bond motifs is 2. The van der Waals surface area contributed by atoms with Crippen LogP contribution in [0.25, 0.3) is 21.5 Å². The van der Waals surface area contributed by atoms with Crippen LogP contribution in [-0.4, -0.2) is 159 Å². The Bertz CT molecular complexity index is 3500. The molecule has 6 aromatic rings. The van der Waals surface area contributed by atoms with Gasteiger partial charge in [0.05, 0.1) is 87.3 Å². The number of benzene rings is 6. The van der Waals surface area contributed by atoms with Crippen molar-refractivity contribution in [3.05, 3.63) is 174 Å². The van der Waals surface area contributed by atoms with Crippen LogP contribution in [0, 0.1) is 30.6 Å². The maximum Gasteiger partial charge on any atom is 1.00 e. The van der Waals surface area contributed by atoms with Crippen molar-refractivity contribution in [2.24, 2.45) is 9.98 Å². The number of thioether (sulfide) groups is 2. The van der Waals surface area contributed by atoms with Gasteiger partial charge in [0.25, 0.3) is 0 Å². The molecule has 0 bridgehead atoms. The fourth-order valence-electron chi connectivity index (χ4n) is 9.45. The summed E-state index contributed by atoms with van der Waals surface area (Å²) < 4.78 is 28.3. The van der Waals surface area contributed by atoms with Crippen molar-refractivity contribution in [3.8, 4) is 23.7 Å². The number of rotatable bonds is 28. The van der Waals surface area contributed by atoms with Crippen molar-refractivity contribution < 1.29 is 71.9 Å². The molecule has 0 saturated carbocycles. The third-order valence-electron chi connectivity index (χ3n) is 14.0. The second kappa shape index (κ2) is 38.0. The first kappa shape index (κ1) is 70.4. The van der Waals surface area contributed by atoms with Crippen LogP contribution < -0.4 is 18.9 Å². The molecule has 2 aliphatic rings. The Balaban J connectivity index is 0.00000408. The number of aliphatic hydroxyl groups is 2. The number of aliphatic hydroxyl groups excluding tert-OH is 2. The van der Waals surface area contributed by atoms with Gasteiger partial charge in [-0.15, -0.1) is 11.1 Å². The second-order valence-corrected chi connectivity index (χ2v) is 22.4. The molecule has 2 N–H and O–H groups in total. The summed E-state index contributed by atoms with van der Waals surface area (Å²) in [5.74, 6) is 12.0. The van der Waals surface area contributed by atoms with Crippen molar-refractivity contribution in [1.82, 2.24) is 9.80 Å². The number of β-amino-alcohol motifs (C(OH)–C–C–N with tert-alkyl or cyclic N) is 2. The summed E-state index contributed by atoms with van der Waals surface area (Å²) in [6.45, 7) is 17.6. The van der Waals surface area contributed by atoms with E-state index in [4.69, 9.17) is 28.7 Å². The normalized spacial score (nSPS) is 15.4. The number of carbonyl (C=O) groups is 3. The van der Waals surface area contributed by atoms with E-state index in [1.54, 1.807) is 28.9 Å². The largest absolute Gasteiger partial charge is 1.00 e. The number of allylic oxidation sites excluding steroid dienone is 1. The van der Waals surface area contributed by atoms with Gasteiger partial charge in [0.1, 0.15) is 18.5 Å². The van der Waals surface area contributed by atoms with E-state index in [1.165, 1.54) is 18.7 Å². The molecule has 0 unspecified atom stereocenters. The number of nitrogens with zero attached hydrogens (tertiary/aromatic N) is 4. The van der Waals surface area contributed by atoms with E-state index in [1.807, 2.05) is 122 Å². The average molecular weight is 1220 g/mol. The maximum absolute atomic E-state index is 14.3. The van der Waals surface area contributed by atoms with Crippen molar-refractivity contribution in [2.75, 3.05) is 92.2 Å². The van der Waals surface area contributed by atoms with E-state index in [0.29, 0.717) is 129 Å². The number of hydrogen-bond donors (Lipinski definition) is 2. The van der Waals surface area contributed by atoms with Crippen LogP contribution in [0.15, 0.2) is 143 Å². The van der Waals surface area contributed by atoms with E-state index in [0.717, 1.165) is 50.9 Å². The molecule has 0 spiro atoms. The number of amides is 2. The van der Waals surface area contributed by atoms with Gasteiger partial charge in [-0.05, 0) is 89.9 Å². The third kappa shape index (κ3) is 21.8. The van der Waals surface area contributed by atoms with E-state index in [-0.39, 0.29) is 62.8 Å². The number of ether oxygens (including phenoxy) is 5. The quantitative estimate of drug-likeness (QED) is 0.00704. The van der Waals surface area contributed by atoms with Gasteiger partial charge in [-0.2, -0.15) is 13.0 Å². The van der Waals surface area contributed by atoms with Crippen molar-refractivity contribution in [2.45, 2.75) is 69.2 Å². The van der Waals surface area contributed by atoms with Crippen LogP contribution in [0.4, 0.5) is 11.4 Å². The predicted octanol–water partition coefficient (Wildman–Crippen LogP) is 8.04. The van der Waals surface area contributed by atoms with Crippen molar-refractivity contribution >= 4 is 90.9 Å². The molecule has 2 saturated heterocycles. The summed E-state index contributed by atoms with van der Waals surface area (Å²) >= 11 is 2.45. The standard InChI is InChI=1S/C68H70N4O11S2.C2H5.Li/c1-4-48(2)37-64(70-63-43-55-20-8-6-18-53(55)41-61(63)49(3)74)85-66(68(78)72-26-24-60(76)45-72)57-22-10-14-51(39-57)16-12-28-80-30-32-82-34-36-83-35-33-81-31-29-79-27-11-15-50-13-9-21-56(38-50)65(67(77)71-25-23-59(75)44-71)84-47-69-62-42-54-19-7-5-17-52(54)40-58(62)46-73;1-2;/h5-10,13-14,17-22,38-43,59-60,65-66,75-76H,2,4,23-37,44-45H2,1,3H3;1H2,2H3;/q-2;-1;+1/t59-,60-,65+,66+;;/m0../s1. The summed E-state index contributed by atoms with van der Waals surface area (Å²) in [7, 11) is 0. The van der Waals surface area contributed by atoms with Gasteiger partial charge in [0.2, 0.25) is 11.8 Å².